The summed E-state index contributed by atoms with van der Waals surface area (Å²) in [6.07, 6.45) is 1.66. The van der Waals surface area contributed by atoms with Crippen LogP contribution in [-0.2, 0) is 4.79 Å². The molecule has 1 aliphatic rings. The van der Waals surface area contributed by atoms with Gasteiger partial charge >= 0.3 is 0 Å². The molecule has 1 fully saturated rings. The van der Waals surface area contributed by atoms with E-state index in [0.717, 1.165) is 17.1 Å². The lowest BCUT2D eigenvalue weighted by Gasteiger charge is -2.34. The van der Waals surface area contributed by atoms with Crippen LogP contribution in [0.3, 0.4) is 0 Å². The van der Waals surface area contributed by atoms with Crippen molar-refractivity contribution in [2.45, 2.75) is 13.8 Å². The Morgan fingerprint density at radius 3 is 2.38 bits per heavy atom. The Morgan fingerprint density at radius 1 is 1.17 bits per heavy atom. The second-order valence-corrected chi connectivity index (χ2v) is 7.48. The van der Waals surface area contributed by atoms with Crippen molar-refractivity contribution in [3.63, 3.8) is 0 Å². The molecule has 1 saturated heterocycles. The van der Waals surface area contributed by atoms with Gasteiger partial charge in [0.2, 0.25) is 5.91 Å². The van der Waals surface area contributed by atoms with Gasteiger partial charge in [-0.1, -0.05) is 17.7 Å². The summed E-state index contributed by atoms with van der Waals surface area (Å²) in [5, 5.41) is 7.87. The molecule has 3 rings (SSSR count). The van der Waals surface area contributed by atoms with Crippen molar-refractivity contribution in [1.82, 2.24) is 24.9 Å². The minimum Gasteiger partial charge on any atom is -0.352 e. The van der Waals surface area contributed by atoms with Gasteiger partial charge in [0, 0.05) is 38.3 Å². The third-order valence-corrected chi connectivity index (χ3v) is 5.58. The number of halogens is 1. The van der Waals surface area contributed by atoms with Crippen LogP contribution in [0.15, 0.2) is 36.9 Å². The molecular formula is C21H26ClN5O2. The predicted molar refractivity (Wildman–Crippen MR) is 114 cm³/mol. The first-order valence-electron chi connectivity index (χ1n) is 9.62. The monoisotopic (exact) mass is 415 g/mol. The van der Waals surface area contributed by atoms with Crippen LogP contribution in [0.5, 0.6) is 0 Å². The van der Waals surface area contributed by atoms with Gasteiger partial charge < -0.3 is 10.2 Å². The topological polar surface area (TPSA) is 70.5 Å². The van der Waals surface area contributed by atoms with Crippen molar-refractivity contribution in [1.29, 1.82) is 0 Å². The molecule has 2 amide bonds. The minimum atomic E-state index is -0.0236. The molecule has 1 aromatic carbocycles. The average molecular weight is 416 g/mol. The molecule has 0 atom stereocenters. The molecular weight excluding hydrogens is 390 g/mol. The van der Waals surface area contributed by atoms with E-state index in [1.165, 1.54) is 0 Å². The summed E-state index contributed by atoms with van der Waals surface area (Å²) in [4.78, 5) is 28.5. The van der Waals surface area contributed by atoms with Gasteiger partial charge in [-0.25, -0.2) is 4.68 Å². The van der Waals surface area contributed by atoms with Crippen LogP contribution in [0.4, 0.5) is 0 Å². The molecule has 0 spiro atoms. The molecule has 154 valence electrons. The van der Waals surface area contributed by atoms with Crippen molar-refractivity contribution in [3.05, 3.63) is 58.9 Å². The second kappa shape index (κ2) is 9.24. The van der Waals surface area contributed by atoms with E-state index < -0.39 is 0 Å². The molecule has 0 unspecified atom stereocenters. The second-order valence-electron chi connectivity index (χ2n) is 7.10. The van der Waals surface area contributed by atoms with Crippen molar-refractivity contribution in [3.8, 4) is 5.69 Å². The molecule has 1 N–H and O–H groups in total. The van der Waals surface area contributed by atoms with Crippen LogP contribution in [0.25, 0.3) is 5.69 Å². The van der Waals surface area contributed by atoms with Crippen molar-refractivity contribution < 1.29 is 9.59 Å². The number of nitrogens with zero attached hydrogens (tertiary/aromatic N) is 4. The lowest BCUT2D eigenvalue weighted by Crippen LogP contribution is -2.51. The first-order valence-corrected chi connectivity index (χ1v) is 10.00. The highest BCUT2D eigenvalue weighted by atomic mass is 35.5. The fourth-order valence-corrected chi connectivity index (χ4v) is 3.47. The molecule has 1 aromatic heterocycles. The summed E-state index contributed by atoms with van der Waals surface area (Å²) < 4.78 is 1.78. The van der Waals surface area contributed by atoms with E-state index in [0.29, 0.717) is 49.9 Å². The van der Waals surface area contributed by atoms with Gasteiger partial charge in [-0.3, -0.25) is 14.5 Å². The van der Waals surface area contributed by atoms with E-state index in [1.807, 2.05) is 43.0 Å². The smallest absolute Gasteiger partial charge is 0.253 e. The molecule has 1 aliphatic heterocycles. The Balaban J connectivity index is 1.58. The third-order valence-electron chi connectivity index (χ3n) is 5.03. The van der Waals surface area contributed by atoms with E-state index in [9.17, 15) is 9.59 Å². The van der Waals surface area contributed by atoms with Crippen LogP contribution >= 0.6 is 11.6 Å². The number of aromatic nitrogens is 2. The standard InChI is InChI=1S/C21H26ClN5O2/c1-4-9-23-19(28)14-25-10-12-26(13-11-25)21(29)17-5-7-18(8-6-17)27-16(3)20(22)15(2)24-27/h4-8H,1,9-14H2,2-3H3,(H,23,28). The maximum absolute atomic E-state index is 12.8. The van der Waals surface area contributed by atoms with Gasteiger partial charge in [0.25, 0.3) is 5.91 Å². The molecule has 0 saturated carbocycles. The number of rotatable bonds is 6. The Kier molecular flexibility index (Phi) is 6.71. The fraction of sp³-hybridized carbons (Fsp3) is 0.381. The number of nitrogens with one attached hydrogen (secondary N) is 1. The van der Waals surface area contributed by atoms with E-state index in [4.69, 9.17) is 11.6 Å². The quantitative estimate of drug-likeness (QED) is 0.734. The Hall–Kier alpha value is -2.64. The zero-order valence-electron chi connectivity index (χ0n) is 16.8. The Labute approximate surface area is 175 Å². The highest BCUT2D eigenvalue weighted by molar-refractivity contribution is 6.31. The summed E-state index contributed by atoms with van der Waals surface area (Å²) >= 11 is 6.22. The van der Waals surface area contributed by atoms with E-state index in [-0.39, 0.29) is 11.8 Å². The lowest BCUT2D eigenvalue weighted by atomic mass is 10.1. The number of carbonyl (C=O) groups is 2. The van der Waals surface area contributed by atoms with E-state index in [1.54, 1.807) is 10.8 Å². The molecule has 0 radical (unpaired) electrons. The van der Waals surface area contributed by atoms with Gasteiger partial charge in [-0.05, 0) is 38.1 Å². The highest BCUT2D eigenvalue weighted by Crippen LogP contribution is 2.22. The van der Waals surface area contributed by atoms with Gasteiger partial charge in [0.05, 0.1) is 28.6 Å². The SMILES string of the molecule is C=CCNC(=O)CN1CCN(C(=O)c2ccc(-n3nc(C)c(Cl)c3C)cc2)CC1. The highest BCUT2D eigenvalue weighted by Gasteiger charge is 2.23. The fourth-order valence-electron chi connectivity index (χ4n) is 3.36. The third kappa shape index (κ3) is 4.86. The molecule has 0 aliphatic carbocycles. The maximum Gasteiger partial charge on any atom is 0.253 e. The van der Waals surface area contributed by atoms with Crippen LogP contribution in [-0.4, -0.2) is 70.7 Å². The molecule has 7 nitrogen and oxygen atoms in total. The summed E-state index contributed by atoms with van der Waals surface area (Å²) in [6.45, 7) is 10.7. The van der Waals surface area contributed by atoms with Crippen molar-refractivity contribution >= 4 is 23.4 Å². The predicted octanol–water partition coefficient (Wildman–Crippen LogP) is 2.20. The number of benzene rings is 1. The van der Waals surface area contributed by atoms with Crippen molar-refractivity contribution in [2.75, 3.05) is 39.3 Å². The summed E-state index contributed by atoms with van der Waals surface area (Å²) in [6, 6.07) is 7.39. The largest absolute Gasteiger partial charge is 0.352 e. The Bertz CT molecular complexity index is 899. The Morgan fingerprint density at radius 2 is 1.83 bits per heavy atom. The zero-order valence-corrected chi connectivity index (χ0v) is 17.6. The molecule has 2 heterocycles. The lowest BCUT2D eigenvalue weighted by molar-refractivity contribution is -0.122. The molecule has 29 heavy (non-hydrogen) atoms. The first-order chi connectivity index (χ1) is 13.9. The molecule has 0 bridgehead atoms. The molecule has 2 aromatic rings. The van der Waals surface area contributed by atoms with Crippen molar-refractivity contribution in [2.24, 2.45) is 0 Å². The van der Waals surface area contributed by atoms with Crippen LogP contribution in [0.2, 0.25) is 5.02 Å². The van der Waals surface area contributed by atoms with Gasteiger partial charge in [0.1, 0.15) is 0 Å². The number of amides is 2. The van der Waals surface area contributed by atoms with Crippen LogP contribution in [0, 0.1) is 13.8 Å². The zero-order chi connectivity index (χ0) is 21.0. The maximum atomic E-state index is 12.8. The first kappa shape index (κ1) is 21.1. The van der Waals surface area contributed by atoms with Crippen LogP contribution < -0.4 is 5.32 Å². The number of hydrogen-bond acceptors (Lipinski definition) is 4. The number of hydrogen-bond donors (Lipinski definition) is 1. The van der Waals surface area contributed by atoms with Crippen LogP contribution in [0.1, 0.15) is 21.7 Å². The number of carbonyl (C=O) groups excluding carboxylic acids is 2. The summed E-state index contributed by atoms with van der Waals surface area (Å²) in [5.74, 6) is -0.0248. The number of piperazine rings is 1. The van der Waals surface area contributed by atoms with Gasteiger partial charge in [0.15, 0.2) is 0 Å². The van der Waals surface area contributed by atoms with E-state index in [2.05, 4.69) is 21.9 Å². The normalized spacial score (nSPS) is 14.7. The summed E-state index contributed by atoms with van der Waals surface area (Å²) in [5.41, 5.74) is 3.15. The average Bonchev–Trinajstić information content (AvgIpc) is 2.99. The number of aryl methyl sites for hydroxylation is 1. The van der Waals surface area contributed by atoms with E-state index >= 15 is 0 Å². The minimum absolute atomic E-state index is 0.00120. The van der Waals surface area contributed by atoms with Gasteiger partial charge in [-0.15, -0.1) is 6.58 Å². The molecule has 8 heteroatoms. The van der Waals surface area contributed by atoms with Gasteiger partial charge in [-0.2, -0.15) is 5.10 Å². The summed E-state index contributed by atoms with van der Waals surface area (Å²) in [7, 11) is 0.